The van der Waals surface area contributed by atoms with E-state index in [0.717, 1.165) is 37.1 Å². The van der Waals surface area contributed by atoms with Gasteiger partial charge < -0.3 is 4.90 Å². The average Bonchev–Trinajstić information content (AvgIpc) is 3.66. The molecule has 53 heavy (non-hydrogen) atoms. The zero-order chi connectivity index (χ0) is 35.0. The molecule has 0 heterocycles. The van der Waals surface area contributed by atoms with Gasteiger partial charge in [0.2, 0.25) is 0 Å². The lowest BCUT2D eigenvalue weighted by Gasteiger charge is -2.45. The van der Waals surface area contributed by atoms with Crippen molar-refractivity contribution in [1.29, 1.82) is 0 Å². The predicted octanol–water partition coefficient (Wildman–Crippen LogP) is 13.8. The Kier molecular flexibility index (Phi) is 6.70. The van der Waals surface area contributed by atoms with Crippen LogP contribution in [0.3, 0.4) is 0 Å². The molecule has 3 aliphatic rings. The molecule has 1 fully saturated rings. The van der Waals surface area contributed by atoms with Crippen molar-refractivity contribution >= 4 is 27.8 Å². The molecule has 0 aromatic heterocycles. The van der Waals surface area contributed by atoms with Gasteiger partial charge in [-0.3, -0.25) is 0 Å². The second kappa shape index (κ2) is 11.7. The molecule has 0 amide bonds. The van der Waals surface area contributed by atoms with Crippen LogP contribution in [0.5, 0.6) is 0 Å². The van der Waals surface area contributed by atoms with E-state index in [2.05, 4.69) is 193 Å². The summed E-state index contributed by atoms with van der Waals surface area (Å²) in [5.41, 5.74) is 17.9. The van der Waals surface area contributed by atoms with Crippen LogP contribution >= 0.6 is 0 Å². The number of benzene rings is 8. The maximum Gasteiger partial charge on any atom is 0.0540 e. The molecule has 1 saturated carbocycles. The molecule has 8 aromatic carbocycles. The molecule has 1 nitrogen and oxygen atoms in total. The van der Waals surface area contributed by atoms with E-state index in [-0.39, 0.29) is 10.8 Å². The molecule has 2 spiro atoms. The third-order valence-corrected chi connectivity index (χ3v) is 12.9. The Morgan fingerprint density at radius 3 is 1.45 bits per heavy atom. The summed E-state index contributed by atoms with van der Waals surface area (Å²) in [7, 11) is 0. The van der Waals surface area contributed by atoms with Gasteiger partial charge in [-0.1, -0.05) is 152 Å². The highest BCUT2D eigenvalue weighted by Crippen LogP contribution is 2.63. The first-order valence-corrected chi connectivity index (χ1v) is 19.1. The fourth-order valence-electron chi connectivity index (χ4n) is 10.4. The van der Waals surface area contributed by atoms with Crippen LogP contribution in [0.15, 0.2) is 188 Å². The van der Waals surface area contributed by atoms with Crippen molar-refractivity contribution in [3.63, 3.8) is 0 Å². The van der Waals surface area contributed by atoms with Crippen LogP contribution in [-0.4, -0.2) is 0 Å². The van der Waals surface area contributed by atoms with E-state index >= 15 is 0 Å². The summed E-state index contributed by atoms with van der Waals surface area (Å²) in [6.07, 6.45) is 4.58. The van der Waals surface area contributed by atoms with Crippen molar-refractivity contribution in [1.82, 2.24) is 0 Å². The van der Waals surface area contributed by atoms with Crippen molar-refractivity contribution in [3.8, 4) is 33.4 Å². The van der Waals surface area contributed by atoms with E-state index in [1.54, 1.807) is 0 Å². The van der Waals surface area contributed by atoms with Gasteiger partial charge in [0.1, 0.15) is 0 Å². The van der Waals surface area contributed by atoms with Crippen molar-refractivity contribution < 1.29 is 0 Å². The van der Waals surface area contributed by atoms with Crippen molar-refractivity contribution in [2.24, 2.45) is 0 Å². The third-order valence-electron chi connectivity index (χ3n) is 12.9. The van der Waals surface area contributed by atoms with Gasteiger partial charge in [-0.05, 0) is 123 Å². The van der Waals surface area contributed by atoms with Crippen LogP contribution in [0.1, 0.15) is 47.9 Å². The fraction of sp³-hybridized carbons (Fsp3) is 0.115. The number of anilines is 3. The van der Waals surface area contributed by atoms with Gasteiger partial charge in [-0.2, -0.15) is 0 Å². The minimum absolute atomic E-state index is 0.0120. The second-order valence-corrected chi connectivity index (χ2v) is 15.3. The Morgan fingerprint density at radius 2 is 0.811 bits per heavy atom. The van der Waals surface area contributed by atoms with Crippen molar-refractivity contribution in [3.05, 3.63) is 210 Å². The molecule has 0 radical (unpaired) electrons. The predicted molar refractivity (Wildman–Crippen MR) is 221 cm³/mol. The van der Waals surface area contributed by atoms with Crippen LogP contribution in [0.25, 0.3) is 44.2 Å². The molecule has 0 aliphatic heterocycles. The molecular formula is C52H39N. The van der Waals surface area contributed by atoms with E-state index in [1.165, 1.54) is 72.1 Å². The van der Waals surface area contributed by atoms with Crippen LogP contribution in [0.4, 0.5) is 17.1 Å². The summed E-state index contributed by atoms with van der Waals surface area (Å²) in [5, 5.41) is 2.48. The van der Waals surface area contributed by atoms with Gasteiger partial charge in [0.25, 0.3) is 0 Å². The Labute approximate surface area is 311 Å². The Bertz CT molecular complexity index is 2620. The lowest BCUT2D eigenvalue weighted by molar-refractivity contribution is 0.265. The Balaban J connectivity index is 0.983. The molecule has 0 atom stereocenters. The van der Waals surface area contributed by atoms with Gasteiger partial charge in [0, 0.05) is 27.6 Å². The molecule has 11 rings (SSSR count). The smallest absolute Gasteiger partial charge is 0.0540 e. The highest BCUT2D eigenvalue weighted by molar-refractivity contribution is 5.99. The summed E-state index contributed by atoms with van der Waals surface area (Å²) < 4.78 is 0. The maximum absolute atomic E-state index is 2.54. The number of hydrogen-bond donors (Lipinski definition) is 0. The lowest BCUT2D eigenvalue weighted by Crippen LogP contribution is -2.39. The molecule has 8 aromatic rings. The molecule has 0 saturated heterocycles. The minimum atomic E-state index is 0.0120. The van der Waals surface area contributed by atoms with Crippen molar-refractivity contribution in [2.45, 2.75) is 36.5 Å². The number of para-hydroxylation sites is 1. The molecule has 3 aliphatic carbocycles. The first-order chi connectivity index (χ1) is 26.2. The van der Waals surface area contributed by atoms with E-state index in [9.17, 15) is 0 Å². The van der Waals surface area contributed by atoms with Gasteiger partial charge in [0.15, 0.2) is 0 Å². The van der Waals surface area contributed by atoms with E-state index < -0.39 is 0 Å². The second-order valence-electron chi connectivity index (χ2n) is 15.3. The monoisotopic (exact) mass is 677 g/mol. The number of rotatable bonds is 4. The van der Waals surface area contributed by atoms with Gasteiger partial charge in [0.05, 0.1) is 5.69 Å². The van der Waals surface area contributed by atoms with Gasteiger partial charge >= 0.3 is 0 Å². The molecule has 0 bridgehead atoms. The zero-order valence-corrected chi connectivity index (χ0v) is 29.7. The quantitative estimate of drug-likeness (QED) is 0.179. The SMILES string of the molecule is c1ccc(N(c2ccc(-c3ccc4c(c3)C3(CCC5(CC3)c3ccccc3-c3ccccc35)c3ccccc3-4)cc2)c2cccc3ccccc23)cc1. The largest absolute Gasteiger partial charge is 0.310 e. The highest BCUT2D eigenvalue weighted by atomic mass is 15.1. The highest BCUT2D eigenvalue weighted by Gasteiger charge is 2.52. The summed E-state index contributed by atoms with van der Waals surface area (Å²) in [6.45, 7) is 0. The number of fused-ring (bicyclic) bond motifs is 11. The molecule has 252 valence electrons. The zero-order valence-electron chi connectivity index (χ0n) is 29.7. The minimum Gasteiger partial charge on any atom is -0.310 e. The normalized spacial score (nSPS) is 15.5. The van der Waals surface area contributed by atoms with E-state index in [0.29, 0.717) is 0 Å². The van der Waals surface area contributed by atoms with Gasteiger partial charge in [-0.15, -0.1) is 0 Å². The Hall–Kier alpha value is -6.18. The molecule has 1 heteroatoms. The van der Waals surface area contributed by atoms with Crippen molar-refractivity contribution in [2.75, 3.05) is 4.90 Å². The van der Waals surface area contributed by atoms with E-state index in [4.69, 9.17) is 0 Å². The first-order valence-electron chi connectivity index (χ1n) is 19.1. The number of nitrogens with zero attached hydrogens (tertiary/aromatic N) is 1. The third kappa shape index (κ3) is 4.44. The maximum atomic E-state index is 2.54. The fourth-order valence-corrected chi connectivity index (χ4v) is 10.4. The topological polar surface area (TPSA) is 3.24 Å². The van der Waals surface area contributed by atoms with Crippen LogP contribution in [-0.2, 0) is 10.8 Å². The lowest BCUT2D eigenvalue weighted by atomic mass is 9.57. The average molecular weight is 678 g/mol. The standard InChI is InChI=1S/C52H39N/c1-2-15-39(16-3-1)53(50-24-12-14-37-13-4-5-17-41(37)50)40-28-25-36(26-29-40)38-27-30-45-44-20-8-11-23-48(44)52(49(45)35-38)33-31-51(32-34-52)46-21-9-6-18-42(46)43-19-7-10-22-47(43)51/h1-30,35H,31-34H2. The van der Waals surface area contributed by atoms with Gasteiger partial charge in [-0.25, -0.2) is 0 Å². The Morgan fingerprint density at radius 1 is 0.340 bits per heavy atom. The first kappa shape index (κ1) is 30.4. The summed E-state index contributed by atoms with van der Waals surface area (Å²) in [6, 6.07) is 70.2. The summed E-state index contributed by atoms with van der Waals surface area (Å²) in [4.78, 5) is 2.39. The van der Waals surface area contributed by atoms with E-state index in [1.807, 2.05) is 0 Å². The summed E-state index contributed by atoms with van der Waals surface area (Å²) >= 11 is 0. The molecule has 0 N–H and O–H groups in total. The van der Waals surface area contributed by atoms with Crippen LogP contribution in [0.2, 0.25) is 0 Å². The number of hydrogen-bond acceptors (Lipinski definition) is 1. The molecule has 0 unspecified atom stereocenters. The molecular weight excluding hydrogens is 639 g/mol. The summed E-state index contributed by atoms with van der Waals surface area (Å²) in [5.74, 6) is 0. The van der Waals surface area contributed by atoms with Crippen LogP contribution < -0.4 is 4.90 Å². The van der Waals surface area contributed by atoms with Crippen LogP contribution in [0, 0.1) is 0 Å².